The Labute approximate surface area is 104 Å². The number of aliphatic hydroxyl groups is 1. The highest BCUT2D eigenvalue weighted by atomic mass is 32.1. The van der Waals surface area contributed by atoms with E-state index in [0.29, 0.717) is 5.13 Å². The number of carbonyl (C=O) groups excluding carboxylic acids is 1. The predicted molar refractivity (Wildman–Crippen MR) is 67.2 cm³/mol. The Morgan fingerprint density at radius 2 is 2.18 bits per heavy atom. The molecule has 0 fully saturated rings. The number of aliphatic hydroxyl groups excluding tert-OH is 1. The van der Waals surface area contributed by atoms with E-state index >= 15 is 0 Å². The fourth-order valence-electron chi connectivity index (χ4n) is 1.09. The Kier molecular flexibility index (Phi) is 5.30. The number of urea groups is 1. The molecule has 0 radical (unpaired) electrons. The van der Waals surface area contributed by atoms with E-state index in [4.69, 9.17) is 5.11 Å². The first-order valence-corrected chi connectivity index (χ1v) is 6.39. The normalized spacial score (nSPS) is 14.1. The topological polar surface area (TPSA) is 87.1 Å². The number of hydrogen-bond acceptors (Lipinski definition) is 5. The summed E-state index contributed by atoms with van der Waals surface area (Å²) in [6.45, 7) is 5.73. The number of nitrogens with one attached hydrogen (secondary N) is 2. The summed E-state index contributed by atoms with van der Waals surface area (Å²) in [7, 11) is 0. The number of nitrogens with zero attached hydrogens (tertiary/aromatic N) is 2. The summed E-state index contributed by atoms with van der Waals surface area (Å²) in [4.78, 5) is 11.6. The highest BCUT2D eigenvalue weighted by Gasteiger charge is 2.14. The number of anilines is 1. The molecule has 0 aliphatic heterocycles. The molecule has 17 heavy (non-hydrogen) atoms. The molecule has 2 atom stereocenters. The van der Waals surface area contributed by atoms with Crippen molar-refractivity contribution in [2.75, 3.05) is 11.9 Å². The molecular formula is C10H18N4O2S. The molecule has 1 heterocycles. The summed E-state index contributed by atoms with van der Waals surface area (Å²) < 4.78 is 0. The van der Waals surface area contributed by atoms with Gasteiger partial charge in [-0.25, -0.2) is 4.79 Å². The molecule has 3 N–H and O–H groups in total. The number of aryl methyl sites for hydroxylation is 1. The van der Waals surface area contributed by atoms with E-state index in [0.717, 1.165) is 11.4 Å². The second-order valence-corrected chi connectivity index (χ2v) is 4.96. The first-order chi connectivity index (χ1) is 8.06. The van der Waals surface area contributed by atoms with Gasteiger partial charge in [-0.2, -0.15) is 0 Å². The SMILES string of the molecule is CCc1nnc(NC(=O)NC(C)C(C)CO)s1. The number of carbonyl (C=O) groups is 1. The maximum Gasteiger partial charge on any atom is 0.321 e. The quantitative estimate of drug-likeness (QED) is 0.741. The van der Waals surface area contributed by atoms with Crippen molar-refractivity contribution in [2.24, 2.45) is 5.92 Å². The zero-order chi connectivity index (χ0) is 12.8. The van der Waals surface area contributed by atoms with Gasteiger partial charge in [0.25, 0.3) is 0 Å². The molecule has 0 saturated carbocycles. The standard InChI is InChI=1S/C10H18N4O2S/c1-4-8-13-14-10(17-8)12-9(16)11-7(3)6(2)5-15/h6-7,15H,4-5H2,1-3H3,(H2,11,12,14,16). The van der Waals surface area contributed by atoms with Crippen LogP contribution in [0.2, 0.25) is 0 Å². The van der Waals surface area contributed by atoms with Crippen LogP contribution in [-0.4, -0.2) is 34.0 Å². The fraction of sp³-hybridized carbons (Fsp3) is 0.700. The third-order valence-electron chi connectivity index (χ3n) is 2.49. The molecule has 0 spiro atoms. The van der Waals surface area contributed by atoms with Gasteiger partial charge in [-0.15, -0.1) is 10.2 Å². The van der Waals surface area contributed by atoms with E-state index in [2.05, 4.69) is 20.8 Å². The van der Waals surface area contributed by atoms with Gasteiger partial charge in [-0.1, -0.05) is 25.2 Å². The van der Waals surface area contributed by atoms with Crippen LogP contribution in [0.5, 0.6) is 0 Å². The summed E-state index contributed by atoms with van der Waals surface area (Å²) in [5.41, 5.74) is 0. The van der Waals surface area contributed by atoms with Gasteiger partial charge in [-0.3, -0.25) is 5.32 Å². The van der Waals surface area contributed by atoms with Crippen LogP contribution in [0.15, 0.2) is 0 Å². The smallest absolute Gasteiger partial charge is 0.321 e. The van der Waals surface area contributed by atoms with Crippen molar-refractivity contribution in [1.29, 1.82) is 0 Å². The monoisotopic (exact) mass is 258 g/mol. The molecule has 0 bridgehead atoms. The molecule has 0 aliphatic rings. The zero-order valence-electron chi connectivity index (χ0n) is 10.2. The summed E-state index contributed by atoms with van der Waals surface area (Å²) in [5, 5.41) is 23.4. The lowest BCUT2D eigenvalue weighted by molar-refractivity contribution is 0.204. The third kappa shape index (κ3) is 4.27. The van der Waals surface area contributed by atoms with Crippen molar-refractivity contribution in [2.45, 2.75) is 33.2 Å². The first kappa shape index (κ1) is 13.9. The molecule has 6 nitrogen and oxygen atoms in total. The lowest BCUT2D eigenvalue weighted by Crippen LogP contribution is -2.40. The number of rotatable bonds is 5. The Morgan fingerprint density at radius 3 is 2.71 bits per heavy atom. The predicted octanol–water partition coefficient (Wildman–Crippen LogP) is 1.24. The van der Waals surface area contributed by atoms with Gasteiger partial charge < -0.3 is 10.4 Å². The summed E-state index contributed by atoms with van der Waals surface area (Å²) in [6.07, 6.45) is 0.804. The molecule has 0 aromatic carbocycles. The molecule has 1 rings (SSSR count). The van der Waals surface area contributed by atoms with Crippen LogP contribution in [0.1, 0.15) is 25.8 Å². The van der Waals surface area contributed by atoms with Crippen molar-refractivity contribution in [3.8, 4) is 0 Å². The first-order valence-electron chi connectivity index (χ1n) is 5.57. The third-order valence-corrected chi connectivity index (χ3v) is 3.47. The van der Waals surface area contributed by atoms with Crippen LogP contribution in [-0.2, 0) is 6.42 Å². The van der Waals surface area contributed by atoms with E-state index in [1.807, 2.05) is 20.8 Å². The van der Waals surface area contributed by atoms with Crippen molar-refractivity contribution < 1.29 is 9.90 Å². The Hall–Kier alpha value is -1.21. The summed E-state index contributed by atoms with van der Waals surface area (Å²) in [6, 6.07) is -0.421. The second kappa shape index (κ2) is 6.51. The van der Waals surface area contributed by atoms with Crippen molar-refractivity contribution in [1.82, 2.24) is 15.5 Å². The summed E-state index contributed by atoms with van der Waals surface area (Å²) >= 11 is 1.36. The molecule has 1 aromatic rings. The molecule has 2 amide bonds. The number of hydrogen-bond donors (Lipinski definition) is 3. The number of aromatic nitrogens is 2. The molecule has 7 heteroatoms. The van der Waals surface area contributed by atoms with E-state index in [1.54, 1.807) is 0 Å². The van der Waals surface area contributed by atoms with Gasteiger partial charge in [0.05, 0.1) is 0 Å². The minimum atomic E-state index is -0.323. The van der Waals surface area contributed by atoms with E-state index in [9.17, 15) is 4.79 Å². The van der Waals surface area contributed by atoms with Gasteiger partial charge in [-0.05, 0) is 19.3 Å². The average molecular weight is 258 g/mol. The highest BCUT2D eigenvalue weighted by Crippen LogP contribution is 2.15. The second-order valence-electron chi connectivity index (χ2n) is 3.90. The fourth-order valence-corrected chi connectivity index (χ4v) is 1.76. The van der Waals surface area contributed by atoms with Gasteiger partial charge >= 0.3 is 6.03 Å². The maximum absolute atomic E-state index is 11.6. The Bertz CT molecular complexity index is 369. The van der Waals surface area contributed by atoms with Crippen LogP contribution in [0, 0.1) is 5.92 Å². The van der Waals surface area contributed by atoms with Crippen LogP contribution >= 0.6 is 11.3 Å². The van der Waals surface area contributed by atoms with Crippen LogP contribution < -0.4 is 10.6 Å². The average Bonchev–Trinajstić information content (AvgIpc) is 2.75. The van der Waals surface area contributed by atoms with Gasteiger partial charge in [0.15, 0.2) is 0 Å². The van der Waals surface area contributed by atoms with E-state index < -0.39 is 0 Å². The van der Waals surface area contributed by atoms with Gasteiger partial charge in [0.2, 0.25) is 5.13 Å². The molecule has 2 unspecified atom stereocenters. The molecular weight excluding hydrogens is 240 g/mol. The number of amides is 2. The Balaban J connectivity index is 2.44. The van der Waals surface area contributed by atoms with Gasteiger partial charge in [0.1, 0.15) is 5.01 Å². The molecule has 0 saturated heterocycles. The lowest BCUT2D eigenvalue weighted by Gasteiger charge is -2.18. The largest absolute Gasteiger partial charge is 0.396 e. The van der Waals surface area contributed by atoms with E-state index in [1.165, 1.54) is 11.3 Å². The van der Waals surface area contributed by atoms with Gasteiger partial charge in [0, 0.05) is 12.6 Å². The molecule has 96 valence electrons. The molecule has 1 aromatic heterocycles. The van der Waals surface area contributed by atoms with Crippen molar-refractivity contribution >= 4 is 22.5 Å². The van der Waals surface area contributed by atoms with Crippen LogP contribution in [0.25, 0.3) is 0 Å². The van der Waals surface area contributed by atoms with Crippen LogP contribution in [0.3, 0.4) is 0 Å². The van der Waals surface area contributed by atoms with Crippen LogP contribution in [0.4, 0.5) is 9.93 Å². The highest BCUT2D eigenvalue weighted by molar-refractivity contribution is 7.15. The minimum Gasteiger partial charge on any atom is -0.396 e. The molecule has 0 aliphatic carbocycles. The maximum atomic E-state index is 11.6. The zero-order valence-corrected chi connectivity index (χ0v) is 11.0. The Morgan fingerprint density at radius 1 is 1.47 bits per heavy atom. The van der Waals surface area contributed by atoms with Crippen molar-refractivity contribution in [3.63, 3.8) is 0 Å². The van der Waals surface area contributed by atoms with Crippen molar-refractivity contribution in [3.05, 3.63) is 5.01 Å². The van der Waals surface area contributed by atoms with E-state index in [-0.39, 0.29) is 24.6 Å². The minimum absolute atomic E-state index is 0.0152. The summed E-state index contributed by atoms with van der Waals surface area (Å²) in [5.74, 6) is 0.0152. The lowest BCUT2D eigenvalue weighted by atomic mass is 10.1.